The Balaban J connectivity index is 1.87. The minimum atomic E-state index is 0.271. The van der Waals surface area contributed by atoms with E-state index in [-0.39, 0.29) is 6.85 Å². The molecule has 0 aliphatic carbocycles. The first-order chi connectivity index (χ1) is 10.9. The first-order valence-electron chi connectivity index (χ1n) is 7.66. The predicted molar refractivity (Wildman–Crippen MR) is 95.3 cm³/mol. The summed E-state index contributed by atoms with van der Waals surface area (Å²) in [5, 5.41) is 2.66. The van der Waals surface area contributed by atoms with Gasteiger partial charge in [0.05, 0.1) is 0 Å². The monoisotopic (exact) mass is 279 g/mol. The molecule has 2 heterocycles. The molecule has 2 aliphatic rings. The molecule has 0 unspecified atom stereocenters. The van der Waals surface area contributed by atoms with Gasteiger partial charge < -0.3 is 4.81 Å². The zero-order valence-electron chi connectivity index (χ0n) is 12.1. The molecule has 0 amide bonds. The lowest BCUT2D eigenvalue weighted by molar-refractivity contribution is 0.804. The third-order valence-corrected chi connectivity index (χ3v) is 4.72. The maximum absolute atomic E-state index is 2.32. The van der Waals surface area contributed by atoms with Crippen LogP contribution in [0.25, 0.3) is 22.9 Å². The van der Waals surface area contributed by atoms with Crippen LogP contribution in [0, 0.1) is 0 Å². The molecule has 0 radical (unpaired) electrons. The quantitative estimate of drug-likeness (QED) is 0.571. The second-order valence-electron chi connectivity index (χ2n) is 5.90. The van der Waals surface area contributed by atoms with Crippen LogP contribution in [0.4, 0.5) is 0 Å². The molecular formula is C20H14BN. The van der Waals surface area contributed by atoms with Crippen LogP contribution >= 0.6 is 0 Å². The average Bonchev–Trinajstić information content (AvgIpc) is 2.60. The minimum absolute atomic E-state index is 0.271. The molecule has 0 bridgehead atoms. The highest BCUT2D eigenvalue weighted by atomic mass is 15.0. The summed E-state index contributed by atoms with van der Waals surface area (Å²) in [6.07, 6.45) is 8.80. The summed E-state index contributed by atoms with van der Waals surface area (Å²) >= 11 is 0. The van der Waals surface area contributed by atoms with Crippen LogP contribution in [0.1, 0.15) is 11.1 Å². The molecule has 0 saturated carbocycles. The van der Waals surface area contributed by atoms with E-state index in [1.807, 2.05) is 0 Å². The maximum atomic E-state index is 2.32. The lowest BCUT2D eigenvalue weighted by Crippen LogP contribution is -2.57. The summed E-state index contributed by atoms with van der Waals surface area (Å²) in [5.41, 5.74) is 5.44. The van der Waals surface area contributed by atoms with Crippen molar-refractivity contribution in [1.29, 1.82) is 0 Å². The van der Waals surface area contributed by atoms with E-state index in [1.54, 1.807) is 0 Å². The summed E-state index contributed by atoms with van der Waals surface area (Å²) in [7, 11) is 0. The van der Waals surface area contributed by atoms with Crippen LogP contribution in [-0.2, 0) is 0 Å². The lowest BCUT2D eigenvalue weighted by Gasteiger charge is -2.34. The van der Waals surface area contributed by atoms with Crippen LogP contribution in [0.5, 0.6) is 0 Å². The Bertz CT molecular complexity index is 955. The smallest absolute Gasteiger partial charge is 0.329 e. The predicted octanol–water partition coefficient (Wildman–Crippen LogP) is 3.22. The van der Waals surface area contributed by atoms with Crippen molar-refractivity contribution >= 4 is 40.7 Å². The summed E-state index contributed by atoms with van der Waals surface area (Å²) in [5.74, 6) is 0. The number of hydrogen-bond acceptors (Lipinski definition) is 1. The number of benzene rings is 3. The molecule has 0 N–H and O–H groups in total. The molecule has 1 nitrogen and oxygen atoms in total. The highest BCUT2D eigenvalue weighted by molar-refractivity contribution is 6.87. The van der Waals surface area contributed by atoms with E-state index in [0.29, 0.717) is 0 Å². The number of fused-ring (bicyclic) bond motifs is 7. The van der Waals surface area contributed by atoms with Crippen LogP contribution in [0.3, 0.4) is 0 Å². The second-order valence-corrected chi connectivity index (χ2v) is 5.90. The highest BCUT2D eigenvalue weighted by Gasteiger charge is 2.33. The molecule has 0 spiro atoms. The van der Waals surface area contributed by atoms with Gasteiger partial charge in [-0.3, -0.25) is 0 Å². The van der Waals surface area contributed by atoms with Gasteiger partial charge in [-0.1, -0.05) is 60.7 Å². The first-order valence-corrected chi connectivity index (χ1v) is 7.66. The Hall–Kier alpha value is -2.74. The molecule has 0 fully saturated rings. The second kappa shape index (κ2) is 4.38. The molecule has 0 saturated heterocycles. The highest BCUT2D eigenvalue weighted by Crippen LogP contribution is 2.23. The Morgan fingerprint density at radius 2 is 1.45 bits per heavy atom. The Morgan fingerprint density at radius 3 is 2.41 bits per heavy atom. The van der Waals surface area contributed by atoms with Gasteiger partial charge in [0.1, 0.15) is 0 Å². The zero-order chi connectivity index (χ0) is 14.5. The Kier molecular flexibility index (Phi) is 2.36. The van der Waals surface area contributed by atoms with Crippen molar-refractivity contribution < 1.29 is 0 Å². The normalized spacial score (nSPS) is 14.7. The Morgan fingerprint density at radius 1 is 0.682 bits per heavy atom. The third kappa shape index (κ3) is 1.55. The fraction of sp³-hybridized carbons (Fsp3) is 0. The van der Waals surface area contributed by atoms with E-state index < -0.39 is 0 Å². The van der Waals surface area contributed by atoms with Crippen molar-refractivity contribution in [3.8, 4) is 0 Å². The van der Waals surface area contributed by atoms with Crippen molar-refractivity contribution in [2.24, 2.45) is 0 Å². The van der Waals surface area contributed by atoms with Gasteiger partial charge in [0.25, 0.3) is 0 Å². The van der Waals surface area contributed by atoms with Crippen molar-refractivity contribution in [1.82, 2.24) is 4.81 Å². The van der Waals surface area contributed by atoms with Crippen molar-refractivity contribution in [2.45, 2.75) is 0 Å². The topological polar surface area (TPSA) is 3.24 Å². The summed E-state index contributed by atoms with van der Waals surface area (Å²) in [4.78, 5) is 2.32. The van der Waals surface area contributed by atoms with Gasteiger partial charge in [-0.05, 0) is 57.4 Å². The molecule has 2 heteroatoms. The SMILES string of the molecule is C1=CN2C=Cc3ccc4ccccc4c3B2c2ccccc21. The molecule has 0 aromatic heterocycles. The van der Waals surface area contributed by atoms with Crippen LogP contribution in [-0.4, -0.2) is 11.7 Å². The molecule has 3 aromatic carbocycles. The number of rotatable bonds is 0. The van der Waals surface area contributed by atoms with Crippen LogP contribution in [0.15, 0.2) is 73.1 Å². The molecule has 2 aliphatic heterocycles. The van der Waals surface area contributed by atoms with E-state index in [0.717, 1.165) is 0 Å². The summed E-state index contributed by atoms with van der Waals surface area (Å²) < 4.78 is 0. The van der Waals surface area contributed by atoms with Gasteiger partial charge in [0.15, 0.2) is 0 Å². The van der Waals surface area contributed by atoms with Gasteiger partial charge in [-0.15, -0.1) is 0 Å². The van der Waals surface area contributed by atoms with E-state index in [4.69, 9.17) is 0 Å². The van der Waals surface area contributed by atoms with Crippen LogP contribution in [0.2, 0.25) is 0 Å². The van der Waals surface area contributed by atoms with Crippen molar-refractivity contribution in [3.63, 3.8) is 0 Å². The van der Waals surface area contributed by atoms with E-state index in [2.05, 4.69) is 90.0 Å². The molecule has 5 rings (SSSR count). The molecule has 22 heavy (non-hydrogen) atoms. The van der Waals surface area contributed by atoms with Gasteiger partial charge >= 0.3 is 6.85 Å². The molecule has 3 aromatic rings. The van der Waals surface area contributed by atoms with Crippen LogP contribution < -0.4 is 10.9 Å². The zero-order valence-corrected chi connectivity index (χ0v) is 12.1. The Labute approximate surface area is 130 Å². The fourth-order valence-corrected chi connectivity index (χ4v) is 3.69. The van der Waals surface area contributed by atoms with Gasteiger partial charge in [-0.2, -0.15) is 0 Å². The molecule has 102 valence electrons. The van der Waals surface area contributed by atoms with Crippen molar-refractivity contribution in [3.05, 3.63) is 84.2 Å². The van der Waals surface area contributed by atoms with Gasteiger partial charge in [0, 0.05) is 0 Å². The van der Waals surface area contributed by atoms with E-state index in [1.165, 1.54) is 32.8 Å². The number of hydrogen-bond donors (Lipinski definition) is 0. The first kappa shape index (κ1) is 11.9. The molecule has 0 atom stereocenters. The van der Waals surface area contributed by atoms with Gasteiger partial charge in [-0.25, -0.2) is 0 Å². The summed E-state index contributed by atoms with van der Waals surface area (Å²) in [6, 6.07) is 21.9. The third-order valence-electron chi connectivity index (χ3n) is 4.72. The number of nitrogens with zero attached hydrogens (tertiary/aromatic N) is 1. The van der Waals surface area contributed by atoms with E-state index in [9.17, 15) is 0 Å². The van der Waals surface area contributed by atoms with E-state index >= 15 is 0 Å². The lowest BCUT2D eigenvalue weighted by atomic mass is 9.45. The summed E-state index contributed by atoms with van der Waals surface area (Å²) in [6.45, 7) is 0.271. The average molecular weight is 279 g/mol. The van der Waals surface area contributed by atoms with Gasteiger partial charge in [0.2, 0.25) is 0 Å². The molecular weight excluding hydrogens is 265 g/mol. The van der Waals surface area contributed by atoms with Crippen molar-refractivity contribution in [2.75, 3.05) is 0 Å². The maximum Gasteiger partial charge on any atom is 0.329 e. The minimum Gasteiger partial charge on any atom is -0.389 e. The standard InChI is InChI=1S/C20H14BN/c1-3-7-18-15(5-1)9-10-17-12-14-22-13-11-16-6-2-4-8-19(16)21(22)20(17)18/h1-14H. The largest absolute Gasteiger partial charge is 0.389 e. The fourth-order valence-electron chi connectivity index (χ4n) is 3.69.